The molecule has 156 valence electrons. The van der Waals surface area contributed by atoms with E-state index in [1.54, 1.807) is 19.1 Å². The number of amides is 1. The van der Waals surface area contributed by atoms with Gasteiger partial charge in [-0.25, -0.2) is 13.2 Å². The monoisotopic (exact) mass is 420 g/mol. The molecule has 29 heavy (non-hydrogen) atoms. The van der Waals surface area contributed by atoms with Gasteiger partial charge in [0.2, 0.25) is 0 Å². The van der Waals surface area contributed by atoms with Crippen molar-refractivity contribution in [1.29, 1.82) is 0 Å². The van der Waals surface area contributed by atoms with Gasteiger partial charge in [-0.05, 0) is 19.8 Å². The van der Waals surface area contributed by atoms with E-state index in [1.165, 1.54) is 4.90 Å². The second kappa shape index (κ2) is 8.77. The van der Waals surface area contributed by atoms with Gasteiger partial charge in [-0.15, -0.1) is 0 Å². The lowest BCUT2D eigenvalue weighted by molar-refractivity contribution is -0.136. The first-order valence-electron chi connectivity index (χ1n) is 9.51. The maximum atomic E-state index is 12.7. The Morgan fingerprint density at radius 3 is 2.62 bits per heavy atom. The van der Waals surface area contributed by atoms with Crippen molar-refractivity contribution in [2.45, 2.75) is 32.7 Å². The maximum Gasteiger partial charge on any atom is 0.344 e. The standard InChI is InChI=1S/C20H24N2O6S/c1-3-10-22(16-9-11-29(25,26)13-16)17(23)12-27-20(24)18-14(2)28-21-19(18)15-7-5-4-6-8-15/h4-8,16H,3,9-13H2,1-2H3/t16-/m0/s1. The van der Waals surface area contributed by atoms with Crippen LogP contribution in [0.1, 0.15) is 35.9 Å². The number of hydrogen-bond donors (Lipinski definition) is 0. The van der Waals surface area contributed by atoms with E-state index in [0.29, 0.717) is 36.4 Å². The molecule has 1 saturated heterocycles. The molecule has 2 heterocycles. The highest BCUT2D eigenvalue weighted by molar-refractivity contribution is 7.91. The van der Waals surface area contributed by atoms with Gasteiger partial charge in [0.1, 0.15) is 17.0 Å². The van der Waals surface area contributed by atoms with Crippen LogP contribution in [0.2, 0.25) is 0 Å². The summed E-state index contributed by atoms with van der Waals surface area (Å²) >= 11 is 0. The van der Waals surface area contributed by atoms with Gasteiger partial charge in [0, 0.05) is 18.2 Å². The van der Waals surface area contributed by atoms with E-state index in [2.05, 4.69) is 5.16 Å². The van der Waals surface area contributed by atoms with Crippen molar-refractivity contribution >= 4 is 21.7 Å². The summed E-state index contributed by atoms with van der Waals surface area (Å²) in [7, 11) is -3.12. The van der Waals surface area contributed by atoms with Crippen LogP contribution >= 0.6 is 0 Å². The molecular formula is C20H24N2O6S. The Balaban J connectivity index is 1.70. The number of esters is 1. The zero-order valence-corrected chi connectivity index (χ0v) is 17.3. The number of aryl methyl sites for hydroxylation is 1. The van der Waals surface area contributed by atoms with Crippen LogP contribution < -0.4 is 0 Å². The van der Waals surface area contributed by atoms with E-state index in [-0.39, 0.29) is 23.1 Å². The number of aromatic nitrogens is 1. The van der Waals surface area contributed by atoms with Gasteiger partial charge in [0.25, 0.3) is 5.91 Å². The zero-order valence-electron chi connectivity index (χ0n) is 16.5. The fraction of sp³-hybridized carbons (Fsp3) is 0.450. The van der Waals surface area contributed by atoms with E-state index in [4.69, 9.17) is 9.26 Å². The van der Waals surface area contributed by atoms with Crippen molar-refractivity contribution in [3.05, 3.63) is 41.7 Å². The summed E-state index contributed by atoms with van der Waals surface area (Å²) in [4.78, 5) is 26.8. The summed E-state index contributed by atoms with van der Waals surface area (Å²) in [5.74, 6) is -0.779. The molecule has 3 rings (SSSR count). The highest BCUT2D eigenvalue weighted by atomic mass is 32.2. The zero-order chi connectivity index (χ0) is 21.0. The number of carbonyl (C=O) groups excluding carboxylic acids is 2. The minimum absolute atomic E-state index is 0.0460. The molecule has 8 nitrogen and oxygen atoms in total. The number of nitrogens with zero attached hydrogens (tertiary/aromatic N) is 2. The molecule has 0 bridgehead atoms. The van der Waals surface area contributed by atoms with E-state index in [1.807, 2.05) is 25.1 Å². The second-order valence-electron chi connectivity index (χ2n) is 7.05. The van der Waals surface area contributed by atoms with Crippen LogP contribution in [0.5, 0.6) is 0 Å². The number of sulfone groups is 1. The molecule has 0 radical (unpaired) electrons. The second-order valence-corrected chi connectivity index (χ2v) is 9.28. The molecule has 1 aromatic heterocycles. The lowest BCUT2D eigenvalue weighted by atomic mass is 10.1. The van der Waals surface area contributed by atoms with Crippen molar-refractivity contribution in [3.8, 4) is 11.3 Å². The number of hydrogen-bond acceptors (Lipinski definition) is 7. The van der Waals surface area contributed by atoms with Crippen LogP contribution in [0.25, 0.3) is 11.3 Å². The summed E-state index contributed by atoms with van der Waals surface area (Å²) in [6.45, 7) is 3.46. The topological polar surface area (TPSA) is 107 Å². The first-order chi connectivity index (χ1) is 13.8. The average molecular weight is 420 g/mol. The van der Waals surface area contributed by atoms with Crippen LogP contribution in [0, 0.1) is 6.92 Å². The molecule has 1 atom stereocenters. The number of rotatable bonds is 7. The predicted octanol–water partition coefficient (Wildman–Crippen LogP) is 2.23. The van der Waals surface area contributed by atoms with E-state index in [9.17, 15) is 18.0 Å². The third-order valence-corrected chi connectivity index (χ3v) is 6.63. The lowest BCUT2D eigenvalue weighted by Crippen LogP contribution is -2.43. The summed E-state index contributed by atoms with van der Waals surface area (Å²) in [6, 6.07) is 8.69. The first-order valence-corrected chi connectivity index (χ1v) is 11.3. The third-order valence-electron chi connectivity index (χ3n) is 4.87. The molecule has 9 heteroatoms. The van der Waals surface area contributed by atoms with Gasteiger partial charge in [-0.3, -0.25) is 4.79 Å². The Bertz CT molecular complexity index is 984. The predicted molar refractivity (Wildman–Crippen MR) is 106 cm³/mol. The highest BCUT2D eigenvalue weighted by Gasteiger charge is 2.34. The van der Waals surface area contributed by atoms with Gasteiger partial charge in [0.05, 0.1) is 11.5 Å². The number of ether oxygens (including phenoxy) is 1. The number of benzene rings is 1. The van der Waals surface area contributed by atoms with E-state index in [0.717, 1.165) is 0 Å². The van der Waals surface area contributed by atoms with Gasteiger partial charge in [-0.1, -0.05) is 42.4 Å². The van der Waals surface area contributed by atoms with E-state index < -0.39 is 28.3 Å². The Hall–Kier alpha value is -2.68. The Morgan fingerprint density at radius 2 is 2.00 bits per heavy atom. The minimum Gasteiger partial charge on any atom is -0.452 e. The summed E-state index contributed by atoms with van der Waals surface area (Å²) in [5, 5.41) is 3.94. The van der Waals surface area contributed by atoms with Crippen LogP contribution in [-0.2, 0) is 19.4 Å². The molecule has 0 N–H and O–H groups in total. The van der Waals surface area contributed by atoms with E-state index >= 15 is 0 Å². The smallest absolute Gasteiger partial charge is 0.344 e. The molecule has 1 amide bonds. The molecule has 0 spiro atoms. The largest absolute Gasteiger partial charge is 0.452 e. The molecule has 1 aliphatic heterocycles. The van der Waals surface area contributed by atoms with Gasteiger partial charge < -0.3 is 14.2 Å². The van der Waals surface area contributed by atoms with Gasteiger partial charge in [-0.2, -0.15) is 0 Å². The third kappa shape index (κ3) is 4.84. The molecule has 0 aliphatic carbocycles. The first kappa shape index (κ1) is 21.0. The molecule has 1 fully saturated rings. The Morgan fingerprint density at radius 1 is 1.28 bits per heavy atom. The maximum absolute atomic E-state index is 12.7. The fourth-order valence-corrected chi connectivity index (χ4v) is 5.19. The lowest BCUT2D eigenvalue weighted by Gasteiger charge is -2.27. The summed E-state index contributed by atoms with van der Waals surface area (Å²) < 4.78 is 33.9. The Kier molecular flexibility index (Phi) is 6.36. The SMILES string of the molecule is CCCN(C(=O)COC(=O)c1c(-c2ccccc2)noc1C)[C@H]1CCS(=O)(=O)C1. The van der Waals surface area contributed by atoms with Crippen LogP contribution in [0.15, 0.2) is 34.9 Å². The van der Waals surface area contributed by atoms with Crippen molar-refractivity contribution in [2.24, 2.45) is 0 Å². The van der Waals surface area contributed by atoms with Crippen LogP contribution in [-0.4, -0.2) is 61.1 Å². The van der Waals surface area contributed by atoms with Crippen LogP contribution in [0.4, 0.5) is 0 Å². The van der Waals surface area contributed by atoms with Crippen LogP contribution in [0.3, 0.4) is 0 Å². The summed E-state index contributed by atoms with van der Waals surface area (Å²) in [5.41, 5.74) is 1.23. The van der Waals surface area contributed by atoms with Crippen molar-refractivity contribution in [2.75, 3.05) is 24.7 Å². The average Bonchev–Trinajstić information content (AvgIpc) is 3.26. The van der Waals surface area contributed by atoms with Gasteiger partial charge in [0.15, 0.2) is 16.4 Å². The number of carbonyl (C=O) groups is 2. The van der Waals surface area contributed by atoms with Crippen molar-refractivity contribution in [1.82, 2.24) is 10.1 Å². The molecular weight excluding hydrogens is 396 g/mol. The highest BCUT2D eigenvalue weighted by Crippen LogP contribution is 2.26. The van der Waals surface area contributed by atoms with Gasteiger partial charge >= 0.3 is 5.97 Å². The quantitative estimate of drug-likeness (QED) is 0.632. The summed E-state index contributed by atoms with van der Waals surface area (Å²) in [6.07, 6.45) is 1.09. The van der Waals surface area contributed by atoms with Crippen molar-refractivity contribution < 1.29 is 27.3 Å². The molecule has 1 aromatic carbocycles. The fourth-order valence-electron chi connectivity index (χ4n) is 3.46. The molecule has 0 unspecified atom stereocenters. The normalized spacial score (nSPS) is 17.8. The van der Waals surface area contributed by atoms with Crippen molar-refractivity contribution in [3.63, 3.8) is 0 Å². The molecule has 0 saturated carbocycles. The molecule has 2 aromatic rings. The molecule has 1 aliphatic rings. The minimum atomic E-state index is -3.12. The Labute approximate surface area is 169 Å².